The third-order valence-electron chi connectivity index (χ3n) is 4.07. The van der Waals surface area contributed by atoms with Crippen LogP contribution in [0.25, 0.3) is 0 Å². The van der Waals surface area contributed by atoms with Crippen molar-refractivity contribution in [2.24, 2.45) is 7.05 Å². The molecule has 0 saturated carbocycles. The summed E-state index contributed by atoms with van der Waals surface area (Å²) in [6.45, 7) is 1.40. The van der Waals surface area contributed by atoms with Gasteiger partial charge in [-0.3, -0.25) is 9.48 Å². The molecule has 24 heavy (non-hydrogen) atoms. The Morgan fingerprint density at radius 2 is 2.21 bits per heavy atom. The Labute approximate surface area is 137 Å². The number of aryl methyl sites for hydroxylation is 1. The number of halogens is 2. The van der Waals surface area contributed by atoms with Crippen LogP contribution in [0.5, 0.6) is 5.75 Å². The molecule has 0 bridgehead atoms. The van der Waals surface area contributed by atoms with E-state index in [0.717, 1.165) is 31.1 Å². The highest BCUT2D eigenvalue weighted by Crippen LogP contribution is 2.23. The van der Waals surface area contributed by atoms with Crippen LogP contribution in [0.2, 0.25) is 0 Å². The van der Waals surface area contributed by atoms with E-state index in [0.29, 0.717) is 12.6 Å². The molecule has 1 fully saturated rings. The van der Waals surface area contributed by atoms with Crippen molar-refractivity contribution in [2.45, 2.75) is 18.9 Å². The molecule has 1 unspecified atom stereocenters. The number of carbonyl (C=O) groups is 1. The first kappa shape index (κ1) is 16.2. The van der Waals surface area contributed by atoms with E-state index in [2.05, 4.69) is 15.3 Å². The Morgan fingerprint density at radius 1 is 1.42 bits per heavy atom. The van der Waals surface area contributed by atoms with Crippen molar-refractivity contribution in [3.8, 4) is 5.75 Å². The molecule has 3 rings (SSSR count). The van der Waals surface area contributed by atoms with Crippen LogP contribution in [0.3, 0.4) is 0 Å². The van der Waals surface area contributed by atoms with E-state index in [9.17, 15) is 18.7 Å². The van der Waals surface area contributed by atoms with E-state index in [-0.39, 0.29) is 6.04 Å². The van der Waals surface area contributed by atoms with E-state index >= 15 is 0 Å². The van der Waals surface area contributed by atoms with Gasteiger partial charge in [0.15, 0.2) is 0 Å². The largest absolute Gasteiger partial charge is 0.507 e. The van der Waals surface area contributed by atoms with E-state index in [1.807, 2.05) is 13.2 Å². The number of amides is 1. The number of aromatic nitrogens is 2. The fraction of sp³-hybridized carbons (Fsp3) is 0.375. The first-order valence-electron chi connectivity index (χ1n) is 7.66. The van der Waals surface area contributed by atoms with E-state index in [4.69, 9.17) is 0 Å². The number of nitrogens with one attached hydrogen (secondary N) is 1. The number of rotatable bonds is 3. The molecular formula is C16H18F2N4O2. The lowest BCUT2D eigenvalue weighted by molar-refractivity contribution is 0.0926. The smallest absolute Gasteiger partial charge is 0.258 e. The van der Waals surface area contributed by atoms with Crippen molar-refractivity contribution in [3.63, 3.8) is 0 Å². The topological polar surface area (TPSA) is 70.4 Å². The lowest BCUT2D eigenvalue weighted by atomic mass is 10.0. The summed E-state index contributed by atoms with van der Waals surface area (Å²) in [5, 5.41) is 16.5. The summed E-state index contributed by atoms with van der Waals surface area (Å²) >= 11 is 0. The molecule has 6 nitrogen and oxygen atoms in total. The number of benzene rings is 1. The summed E-state index contributed by atoms with van der Waals surface area (Å²) in [7, 11) is 1.83. The summed E-state index contributed by atoms with van der Waals surface area (Å²) in [5.41, 5.74) is 0.419. The molecule has 0 aliphatic carbocycles. The monoisotopic (exact) mass is 336 g/mol. The van der Waals surface area contributed by atoms with Crippen molar-refractivity contribution in [1.29, 1.82) is 0 Å². The average Bonchev–Trinajstić information content (AvgIpc) is 2.93. The summed E-state index contributed by atoms with van der Waals surface area (Å²) in [4.78, 5) is 14.3. The first-order chi connectivity index (χ1) is 11.4. The van der Waals surface area contributed by atoms with Crippen LogP contribution in [-0.2, 0) is 7.05 Å². The molecular weight excluding hydrogens is 318 g/mol. The van der Waals surface area contributed by atoms with Crippen molar-refractivity contribution in [2.75, 3.05) is 18.0 Å². The molecule has 8 heteroatoms. The molecule has 2 heterocycles. The number of anilines is 1. The molecule has 1 saturated heterocycles. The maximum Gasteiger partial charge on any atom is 0.258 e. The molecule has 1 aromatic heterocycles. The molecule has 0 radical (unpaired) electrons. The molecule has 1 aromatic carbocycles. The number of piperidine rings is 1. The Kier molecular flexibility index (Phi) is 4.37. The maximum absolute atomic E-state index is 13.8. The van der Waals surface area contributed by atoms with Crippen LogP contribution in [-0.4, -0.2) is 39.9 Å². The molecule has 128 valence electrons. The van der Waals surface area contributed by atoms with Gasteiger partial charge in [-0.2, -0.15) is 5.10 Å². The minimum absolute atomic E-state index is 0.199. The zero-order valence-corrected chi connectivity index (χ0v) is 13.2. The van der Waals surface area contributed by atoms with Gasteiger partial charge in [-0.1, -0.05) is 0 Å². The summed E-state index contributed by atoms with van der Waals surface area (Å²) in [5.74, 6) is -3.46. The minimum Gasteiger partial charge on any atom is -0.507 e. The number of nitrogens with zero attached hydrogens (tertiary/aromatic N) is 3. The molecule has 1 aliphatic heterocycles. The minimum atomic E-state index is -1.08. The van der Waals surface area contributed by atoms with Crippen LogP contribution >= 0.6 is 0 Å². The number of hydrogen-bond acceptors (Lipinski definition) is 4. The molecule has 2 aromatic rings. The predicted molar refractivity (Wildman–Crippen MR) is 83.9 cm³/mol. The molecule has 1 atom stereocenters. The lowest BCUT2D eigenvalue weighted by Crippen LogP contribution is -2.48. The van der Waals surface area contributed by atoms with Gasteiger partial charge in [-0.05, 0) is 12.8 Å². The molecule has 0 spiro atoms. The Balaban J connectivity index is 1.70. The quantitative estimate of drug-likeness (QED) is 0.897. The van der Waals surface area contributed by atoms with Crippen molar-refractivity contribution in [3.05, 3.63) is 41.7 Å². The number of phenolic OH excluding ortho intramolecular Hbond substituents is 1. The Morgan fingerprint density at radius 3 is 2.88 bits per heavy atom. The first-order valence-corrected chi connectivity index (χ1v) is 7.66. The van der Waals surface area contributed by atoms with Gasteiger partial charge in [-0.15, -0.1) is 0 Å². The molecule has 2 N–H and O–H groups in total. The number of phenols is 1. The summed E-state index contributed by atoms with van der Waals surface area (Å²) in [6.07, 6.45) is 5.23. The lowest BCUT2D eigenvalue weighted by Gasteiger charge is -2.33. The van der Waals surface area contributed by atoms with Crippen LogP contribution in [0.4, 0.5) is 14.5 Å². The highest BCUT2D eigenvalue weighted by atomic mass is 19.1. The zero-order valence-electron chi connectivity index (χ0n) is 13.2. The van der Waals surface area contributed by atoms with Crippen molar-refractivity contribution >= 4 is 11.6 Å². The molecule has 1 amide bonds. The average molecular weight is 336 g/mol. The van der Waals surface area contributed by atoms with Crippen LogP contribution in [0.15, 0.2) is 24.5 Å². The predicted octanol–water partition coefficient (Wildman–Crippen LogP) is 1.80. The Bertz CT molecular complexity index is 739. The fourth-order valence-corrected chi connectivity index (χ4v) is 2.94. The van der Waals surface area contributed by atoms with E-state index in [1.54, 1.807) is 10.9 Å². The van der Waals surface area contributed by atoms with Crippen molar-refractivity contribution < 1.29 is 18.7 Å². The van der Waals surface area contributed by atoms with Crippen LogP contribution in [0.1, 0.15) is 23.2 Å². The standard InChI is InChI=1S/C16H18F2N4O2/c1-21-9-12(7-19-21)22-4-2-3-11(8-22)20-16(24)15-13(18)5-10(17)6-14(15)23/h5-7,9,11,23H,2-4,8H2,1H3,(H,20,24). The van der Waals surface area contributed by atoms with Gasteiger partial charge in [0.1, 0.15) is 22.9 Å². The maximum atomic E-state index is 13.8. The second kappa shape index (κ2) is 6.46. The van der Waals surface area contributed by atoms with Gasteiger partial charge in [0.05, 0.1) is 11.9 Å². The number of carbonyl (C=O) groups excluding carboxylic acids is 1. The highest BCUT2D eigenvalue weighted by Gasteiger charge is 2.25. The number of aromatic hydroxyl groups is 1. The summed E-state index contributed by atoms with van der Waals surface area (Å²) < 4.78 is 28.5. The van der Waals surface area contributed by atoms with Gasteiger partial charge in [0.2, 0.25) is 0 Å². The van der Waals surface area contributed by atoms with Gasteiger partial charge in [-0.25, -0.2) is 8.78 Å². The number of hydrogen-bond donors (Lipinski definition) is 2. The van der Waals surface area contributed by atoms with Gasteiger partial charge in [0.25, 0.3) is 5.91 Å². The van der Waals surface area contributed by atoms with Gasteiger partial charge >= 0.3 is 0 Å². The second-order valence-electron chi connectivity index (χ2n) is 5.91. The van der Waals surface area contributed by atoms with E-state index < -0.39 is 28.9 Å². The van der Waals surface area contributed by atoms with Crippen LogP contribution < -0.4 is 10.2 Å². The normalized spacial score (nSPS) is 17.8. The highest BCUT2D eigenvalue weighted by molar-refractivity contribution is 5.97. The van der Waals surface area contributed by atoms with E-state index in [1.165, 1.54) is 0 Å². The Hall–Kier alpha value is -2.64. The fourth-order valence-electron chi connectivity index (χ4n) is 2.94. The van der Waals surface area contributed by atoms with Gasteiger partial charge in [0, 0.05) is 44.5 Å². The SMILES string of the molecule is Cn1cc(N2CCCC(NC(=O)c3c(O)cc(F)cc3F)C2)cn1. The third kappa shape index (κ3) is 3.32. The third-order valence-corrected chi connectivity index (χ3v) is 4.07. The zero-order chi connectivity index (χ0) is 17.3. The summed E-state index contributed by atoms with van der Waals surface area (Å²) in [6, 6.07) is 1.11. The van der Waals surface area contributed by atoms with Crippen LogP contribution in [0, 0.1) is 11.6 Å². The van der Waals surface area contributed by atoms with Crippen molar-refractivity contribution in [1.82, 2.24) is 15.1 Å². The molecule has 1 aliphatic rings. The second-order valence-corrected chi connectivity index (χ2v) is 5.91. The van der Waals surface area contributed by atoms with Gasteiger partial charge < -0.3 is 15.3 Å².